The van der Waals surface area contributed by atoms with Crippen molar-refractivity contribution in [1.82, 2.24) is 4.90 Å². The third kappa shape index (κ3) is 1.87. The van der Waals surface area contributed by atoms with E-state index >= 15 is 0 Å². The van der Waals surface area contributed by atoms with Crippen LogP contribution in [0.15, 0.2) is 0 Å². The molecule has 2 aliphatic heterocycles. The molecule has 2 unspecified atom stereocenters. The smallest absolute Gasteiger partial charge is 0.153 e. The van der Waals surface area contributed by atoms with Crippen LogP contribution in [0.2, 0.25) is 0 Å². The number of rotatable bonds is 1. The Balaban J connectivity index is 2.08. The van der Waals surface area contributed by atoms with Gasteiger partial charge in [0.05, 0.1) is 11.5 Å². The average Bonchev–Trinajstić information content (AvgIpc) is 2.56. The molecule has 2 fully saturated rings. The largest absolute Gasteiger partial charge is 0.325 e. The van der Waals surface area contributed by atoms with Crippen LogP contribution in [0.25, 0.3) is 0 Å². The van der Waals surface area contributed by atoms with Crippen LogP contribution in [0.1, 0.15) is 12.8 Å². The van der Waals surface area contributed by atoms with Gasteiger partial charge in [-0.3, -0.25) is 4.90 Å². The summed E-state index contributed by atoms with van der Waals surface area (Å²) in [6, 6.07) is -0.0735. The summed E-state index contributed by atoms with van der Waals surface area (Å²) in [4.78, 5) is 2.23. The van der Waals surface area contributed by atoms with Crippen molar-refractivity contribution in [1.29, 1.82) is 0 Å². The Morgan fingerprint density at radius 2 is 1.77 bits per heavy atom. The van der Waals surface area contributed by atoms with Crippen molar-refractivity contribution in [3.8, 4) is 0 Å². The molecule has 2 heterocycles. The Kier molecular flexibility index (Phi) is 2.33. The molecule has 13 heavy (non-hydrogen) atoms. The lowest BCUT2D eigenvalue weighted by Gasteiger charge is -2.25. The Morgan fingerprint density at radius 3 is 2.23 bits per heavy atom. The van der Waals surface area contributed by atoms with Gasteiger partial charge in [-0.05, 0) is 25.9 Å². The van der Waals surface area contributed by atoms with Crippen molar-refractivity contribution >= 4 is 9.84 Å². The second-order valence-electron chi connectivity index (χ2n) is 4.05. The van der Waals surface area contributed by atoms with E-state index in [9.17, 15) is 8.42 Å². The lowest BCUT2D eigenvalue weighted by atomic mass is 10.1. The fourth-order valence-electron chi connectivity index (χ4n) is 2.31. The van der Waals surface area contributed by atoms with Crippen LogP contribution in [0.4, 0.5) is 0 Å². The molecule has 2 aliphatic rings. The topological polar surface area (TPSA) is 63.4 Å². The summed E-state index contributed by atoms with van der Waals surface area (Å²) in [7, 11) is -2.85. The van der Waals surface area contributed by atoms with E-state index in [4.69, 9.17) is 5.73 Å². The molecule has 0 bridgehead atoms. The number of nitrogens with zero attached hydrogens (tertiary/aromatic N) is 1. The Labute approximate surface area is 79.0 Å². The van der Waals surface area contributed by atoms with Gasteiger partial charge in [0.25, 0.3) is 0 Å². The Bertz CT molecular complexity index is 283. The summed E-state index contributed by atoms with van der Waals surface area (Å²) in [5.74, 6) is 0.447. The monoisotopic (exact) mass is 204 g/mol. The zero-order chi connectivity index (χ0) is 9.47. The first kappa shape index (κ1) is 9.43. The summed E-state index contributed by atoms with van der Waals surface area (Å²) in [5, 5.41) is 0. The zero-order valence-corrected chi connectivity index (χ0v) is 8.46. The summed E-state index contributed by atoms with van der Waals surface area (Å²) in [6.07, 6.45) is 2.37. The molecule has 5 heteroatoms. The highest BCUT2D eigenvalue weighted by Gasteiger charge is 2.39. The molecule has 0 aromatic carbocycles. The van der Waals surface area contributed by atoms with Gasteiger partial charge in [0.15, 0.2) is 9.84 Å². The highest BCUT2D eigenvalue weighted by molar-refractivity contribution is 7.91. The average molecular weight is 204 g/mol. The van der Waals surface area contributed by atoms with Crippen LogP contribution in [0.5, 0.6) is 0 Å². The predicted molar refractivity (Wildman–Crippen MR) is 51.2 cm³/mol. The first-order chi connectivity index (χ1) is 6.08. The number of hydrogen-bond donors (Lipinski definition) is 1. The van der Waals surface area contributed by atoms with Gasteiger partial charge in [-0.15, -0.1) is 0 Å². The maximum atomic E-state index is 11.3. The van der Waals surface area contributed by atoms with Gasteiger partial charge in [0, 0.05) is 12.1 Å². The zero-order valence-electron chi connectivity index (χ0n) is 7.65. The third-order valence-electron chi connectivity index (χ3n) is 2.97. The quantitative estimate of drug-likeness (QED) is 0.608. The molecule has 2 rings (SSSR count). The molecular weight excluding hydrogens is 188 g/mol. The molecule has 0 aromatic heterocycles. The van der Waals surface area contributed by atoms with E-state index in [1.807, 2.05) is 0 Å². The van der Waals surface area contributed by atoms with Crippen LogP contribution in [-0.2, 0) is 9.84 Å². The molecule has 0 aliphatic carbocycles. The van der Waals surface area contributed by atoms with Crippen LogP contribution < -0.4 is 5.73 Å². The minimum atomic E-state index is -2.85. The standard InChI is InChI=1S/C8H16N2O2S/c9-7-5-13(11,12)6-8(7)10-3-1-2-4-10/h7-8H,1-6,9H2. The van der Waals surface area contributed by atoms with Crippen molar-refractivity contribution < 1.29 is 8.42 Å². The van der Waals surface area contributed by atoms with Gasteiger partial charge in [-0.2, -0.15) is 0 Å². The van der Waals surface area contributed by atoms with Gasteiger partial charge >= 0.3 is 0 Å². The number of hydrogen-bond acceptors (Lipinski definition) is 4. The fourth-order valence-corrected chi connectivity index (χ4v) is 4.23. The second kappa shape index (κ2) is 3.22. The molecule has 2 N–H and O–H groups in total. The number of sulfone groups is 1. The molecule has 0 aromatic rings. The van der Waals surface area contributed by atoms with E-state index in [1.54, 1.807) is 0 Å². The van der Waals surface area contributed by atoms with Gasteiger partial charge < -0.3 is 5.73 Å². The number of likely N-dealkylation sites (tertiary alicyclic amines) is 1. The van der Waals surface area contributed by atoms with E-state index in [-0.39, 0.29) is 23.6 Å². The van der Waals surface area contributed by atoms with Crippen molar-refractivity contribution in [2.24, 2.45) is 5.73 Å². The van der Waals surface area contributed by atoms with E-state index in [0.717, 1.165) is 13.1 Å². The van der Waals surface area contributed by atoms with E-state index in [1.165, 1.54) is 12.8 Å². The molecule has 4 nitrogen and oxygen atoms in total. The van der Waals surface area contributed by atoms with E-state index < -0.39 is 9.84 Å². The van der Waals surface area contributed by atoms with Crippen LogP contribution >= 0.6 is 0 Å². The van der Waals surface area contributed by atoms with Crippen molar-refractivity contribution in [2.45, 2.75) is 24.9 Å². The molecule has 0 radical (unpaired) electrons. The number of nitrogens with two attached hydrogens (primary N) is 1. The van der Waals surface area contributed by atoms with Gasteiger partial charge in [-0.1, -0.05) is 0 Å². The fraction of sp³-hybridized carbons (Fsp3) is 1.00. The minimum Gasteiger partial charge on any atom is -0.325 e. The summed E-state index contributed by atoms with van der Waals surface area (Å²) >= 11 is 0. The summed E-state index contributed by atoms with van der Waals surface area (Å²) < 4.78 is 22.6. The van der Waals surface area contributed by atoms with Gasteiger partial charge in [0.2, 0.25) is 0 Å². The van der Waals surface area contributed by atoms with E-state index in [2.05, 4.69) is 4.90 Å². The van der Waals surface area contributed by atoms with Crippen LogP contribution in [0, 0.1) is 0 Å². The van der Waals surface area contributed by atoms with Crippen LogP contribution in [0.3, 0.4) is 0 Å². The maximum absolute atomic E-state index is 11.3. The highest BCUT2D eigenvalue weighted by Crippen LogP contribution is 2.21. The lowest BCUT2D eigenvalue weighted by Crippen LogP contribution is -2.45. The highest BCUT2D eigenvalue weighted by atomic mass is 32.2. The summed E-state index contributed by atoms with van der Waals surface area (Å²) in [5.41, 5.74) is 5.81. The first-order valence-corrected chi connectivity index (χ1v) is 6.61. The van der Waals surface area contributed by atoms with E-state index in [0.29, 0.717) is 0 Å². The SMILES string of the molecule is NC1CS(=O)(=O)CC1N1CCCC1. The predicted octanol–water partition coefficient (Wildman–Crippen LogP) is -0.793. The molecule has 0 spiro atoms. The minimum absolute atomic E-state index is 0.0903. The summed E-state index contributed by atoms with van der Waals surface area (Å²) in [6.45, 7) is 2.04. The Morgan fingerprint density at radius 1 is 1.15 bits per heavy atom. The lowest BCUT2D eigenvalue weighted by molar-refractivity contribution is 0.245. The molecule has 76 valence electrons. The normalized spacial score (nSPS) is 39.8. The van der Waals surface area contributed by atoms with Crippen molar-refractivity contribution in [2.75, 3.05) is 24.6 Å². The van der Waals surface area contributed by atoms with Crippen molar-refractivity contribution in [3.05, 3.63) is 0 Å². The molecule has 2 atom stereocenters. The van der Waals surface area contributed by atoms with Crippen molar-refractivity contribution in [3.63, 3.8) is 0 Å². The first-order valence-electron chi connectivity index (χ1n) is 4.78. The Hall–Kier alpha value is -0.130. The van der Waals surface area contributed by atoms with Gasteiger partial charge in [0.1, 0.15) is 0 Å². The second-order valence-corrected chi connectivity index (χ2v) is 6.20. The maximum Gasteiger partial charge on any atom is 0.153 e. The van der Waals surface area contributed by atoms with Gasteiger partial charge in [-0.25, -0.2) is 8.42 Å². The van der Waals surface area contributed by atoms with Crippen LogP contribution in [-0.4, -0.2) is 50.0 Å². The molecular formula is C8H16N2O2S. The molecule has 2 saturated heterocycles. The molecule has 0 amide bonds. The third-order valence-corrected chi connectivity index (χ3v) is 4.72. The molecule has 0 saturated carbocycles.